The van der Waals surface area contributed by atoms with E-state index < -0.39 is 0 Å². The first-order chi connectivity index (χ1) is 3.18. The van der Waals surface area contributed by atoms with Crippen LogP contribution in [0.2, 0.25) is 0 Å². The molecule has 0 N–H and O–H groups in total. The van der Waals surface area contributed by atoms with Gasteiger partial charge in [0.1, 0.15) is 7.85 Å². The van der Waals surface area contributed by atoms with E-state index in [-0.39, 0.29) is 0 Å². The first-order valence-corrected chi connectivity index (χ1v) is 2.06. The van der Waals surface area contributed by atoms with Crippen molar-refractivity contribution in [1.82, 2.24) is 0 Å². The summed E-state index contributed by atoms with van der Waals surface area (Å²) < 4.78 is 0. The molecule has 0 amide bonds. The van der Waals surface area contributed by atoms with Crippen molar-refractivity contribution in [1.29, 1.82) is 0 Å². The molecule has 0 aromatic carbocycles. The van der Waals surface area contributed by atoms with E-state index in [0.717, 1.165) is 5.71 Å². The van der Waals surface area contributed by atoms with Crippen LogP contribution in [0.4, 0.5) is 0 Å². The van der Waals surface area contributed by atoms with E-state index >= 15 is 0 Å². The molecule has 0 rings (SSSR count). The first-order valence-electron chi connectivity index (χ1n) is 2.06. The second-order valence-corrected chi connectivity index (χ2v) is 1.33. The van der Waals surface area contributed by atoms with Crippen LogP contribution in [0.1, 0.15) is 6.92 Å². The Morgan fingerprint density at radius 3 is 2.14 bits per heavy atom. The zero-order valence-electron chi connectivity index (χ0n) is 4.73. The lowest BCUT2D eigenvalue weighted by atomic mass is 9.94. The fourth-order valence-corrected chi connectivity index (χ4v) is 0.144. The van der Waals surface area contributed by atoms with Gasteiger partial charge in [-0.25, -0.2) is 0 Å². The van der Waals surface area contributed by atoms with Crippen molar-refractivity contribution in [3.8, 4) is 0 Å². The maximum atomic E-state index is 5.22. The van der Waals surface area contributed by atoms with Crippen LogP contribution < -0.4 is 0 Å². The molecule has 0 aromatic heterocycles. The second-order valence-electron chi connectivity index (χ2n) is 1.33. The molecular weight excluding hydrogens is 84.9 g/mol. The highest BCUT2D eigenvalue weighted by molar-refractivity contribution is 6.37. The standard InChI is InChI=1S/C5H8BN/c1-4(6)5(2)7-3/h1H2,2-3H3. The lowest BCUT2D eigenvalue weighted by molar-refractivity contribution is 1.43. The molecule has 36 valence electrons. The molecule has 0 spiro atoms. The van der Waals surface area contributed by atoms with Gasteiger partial charge in [-0.05, 0) is 6.92 Å². The van der Waals surface area contributed by atoms with Gasteiger partial charge < -0.3 is 0 Å². The van der Waals surface area contributed by atoms with Crippen molar-refractivity contribution in [2.75, 3.05) is 7.05 Å². The molecule has 0 aliphatic carbocycles. The van der Waals surface area contributed by atoms with E-state index in [1.54, 1.807) is 7.05 Å². The van der Waals surface area contributed by atoms with Crippen molar-refractivity contribution in [3.63, 3.8) is 0 Å². The van der Waals surface area contributed by atoms with Gasteiger partial charge in [0.25, 0.3) is 0 Å². The minimum atomic E-state index is 0.544. The monoisotopic (exact) mass is 93.1 g/mol. The van der Waals surface area contributed by atoms with Gasteiger partial charge in [0.2, 0.25) is 0 Å². The third-order valence-corrected chi connectivity index (χ3v) is 0.800. The SMILES string of the molecule is [B]C(=C)C(C)=NC. The quantitative estimate of drug-likeness (QED) is 0.335. The summed E-state index contributed by atoms with van der Waals surface area (Å²) in [5, 5.41) is 0. The lowest BCUT2D eigenvalue weighted by Crippen LogP contribution is -1.93. The van der Waals surface area contributed by atoms with Gasteiger partial charge in [0.05, 0.1) is 0 Å². The van der Waals surface area contributed by atoms with Crippen molar-refractivity contribution in [2.24, 2.45) is 4.99 Å². The number of allylic oxidation sites excluding steroid dienone is 1. The van der Waals surface area contributed by atoms with E-state index in [4.69, 9.17) is 7.85 Å². The summed E-state index contributed by atoms with van der Waals surface area (Å²) in [4.78, 5) is 3.78. The third-order valence-electron chi connectivity index (χ3n) is 0.800. The molecule has 0 heterocycles. The van der Waals surface area contributed by atoms with Gasteiger partial charge in [-0.3, -0.25) is 4.99 Å². The summed E-state index contributed by atoms with van der Waals surface area (Å²) in [6.07, 6.45) is 0. The van der Waals surface area contributed by atoms with Crippen LogP contribution in [0, 0.1) is 0 Å². The summed E-state index contributed by atoms with van der Waals surface area (Å²) in [6.45, 7) is 5.29. The van der Waals surface area contributed by atoms with Gasteiger partial charge in [-0.1, -0.05) is 5.47 Å². The molecule has 0 bridgehead atoms. The fraction of sp³-hybridized carbons (Fsp3) is 0.400. The number of rotatable bonds is 1. The molecule has 0 saturated carbocycles. The molecule has 0 aliphatic rings. The topological polar surface area (TPSA) is 12.4 Å². The highest BCUT2D eigenvalue weighted by Gasteiger charge is 1.83. The normalized spacial score (nSPS) is 11.4. The minimum Gasteiger partial charge on any atom is -0.294 e. The number of nitrogens with zero attached hydrogens (tertiary/aromatic N) is 1. The van der Waals surface area contributed by atoms with Crippen LogP contribution in [0.25, 0.3) is 0 Å². The van der Waals surface area contributed by atoms with Crippen LogP contribution in [0.15, 0.2) is 17.0 Å². The van der Waals surface area contributed by atoms with Crippen LogP contribution in [0.3, 0.4) is 0 Å². The minimum absolute atomic E-state index is 0.544. The maximum Gasteiger partial charge on any atom is 0.115 e. The maximum absolute atomic E-state index is 5.22. The van der Waals surface area contributed by atoms with Gasteiger partial charge in [-0.2, -0.15) is 0 Å². The summed E-state index contributed by atoms with van der Waals surface area (Å²) in [6, 6.07) is 0. The number of hydrogen-bond acceptors (Lipinski definition) is 1. The molecular formula is C5H8BN. The first kappa shape index (κ1) is 6.47. The predicted octanol–water partition coefficient (Wildman–Crippen LogP) is 0.759. The van der Waals surface area contributed by atoms with Crippen LogP contribution in [-0.2, 0) is 0 Å². The van der Waals surface area contributed by atoms with Crippen LogP contribution >= 0.6 is 0 Å². The molecule has 2 heteroatoms. The lowest BCUT2D eigenvalue weighted by Gasteiger charge is -1.91. The molecule has 2 radical (unpaired) electrons. The van der Waals surface area contributed by atoms with E-state index in [0.29, 0.717) is 5.47 Å². The van der Waals surface area contributed by atoms with Crippen molar-refractivity contribution in [2.45, 2.75) is 6.92 Å². The fourth-order valence-electron chi connectivity index (χ4n) is 0.144. The van der Waals surface area contributed by atoms with E-state index in [9.17, 15) is 0 Å². The molecule has 1 nitrogen and oxygen atoms in total. The highest BCUT2D eigenvalue weighted by atomic mass is 14.7. The Kier molecular flexibility index (Phi) is 2.42. The number of aliphatic imine (C=N–C) groups is 1. The van der Waals surface area contributed by atoms with Gasteiger partial charge in [0.15, 0.2) is 0 Å². The number of hydrogen-bond donors (Lipinski definition) is 0. The zero-order chi connectivity index (χ0) is 5.86. The second kappa shape index (κ2) is 2.62. The van der Waals surface area contributed by atoms with E-state index in [1.807, 2.05) is 6.92 Å². The summed E-state index contributed by atoms with van der Waals surface area (Å²) >= 11 is 0. The smallest absolute Gasteiger partial charge is 0.115 e. The third kappa shape index (κ3) is 2.21. The molecule has 7 heavy (non-hydrogen) atoms. The Morgan fingerprint density at radius 1 is 1.71 bits per heavy atom. The summed E-state index contributed by atoms with van der Waals surface area (Å²) in [5.41, 5.74) is 1.35. The predicted molar refractivity (Wildman–Crippen MR) is 33.9 cm³/mol. The summed E-state index contributed by atoms with van der Waals surface area (Å²) in [5.74, 6) is 0. The van der Waals surface area contributed by atoms with E-state index in [1.165, 1.54) is 0 Å². The zero-order valence-corrected chi connectivity index (χ0v) is 4.73. The largest absolute Gasteiger partial charge is 0.294 e. The average molecular weight is 92.9 g/mol. The molecule has 0 fully saturated rings. The van der Waals surface area contributed by atoms with Gasteiger partial charge in [0, 0.05) is 12.8 Å². The average Bonchev–Trinajstić information content (AvgIpc) is 1.65. The van der Waals surface area contributed by atoms with Crippen molar-refractivity contribution < 1.29 is 0 Å². The van der Waals surface area contributed by atoms with Crippen molar-refractivity contribution >= 4 is 13.6 Å². The van der Waals surface area contributed by atoms with Gasteiger partial charge >= 0.3 is 0 Å². The Morgan fingerprint density at radius 2 is 2.14 bits per heavy atom. The van der Waals surface area contributed by atoms with Crippen LogP contribution in [-0.4, -0.2) is 20.6 Å². The summed E-state index contributed by atoms with van der Waals surface area (Å²) in [7, 11) is 6.91. The van der Waals surface area contributed by atoms with E-state index in [2.05, 4.69) is 11.6 Å². The Hall–Kier alpha value is -0.525. The Bertz CT molecular complexity index is 105. The molecule has 0 unspecified atom stereocenters. The Balaban J connectivity index is 3.82. The van der Waals surface area contributed by atoms with Crippen LogP contribution in [0.5, 0.6) is 0 Å². The van der Waals surface area contributed by atoms with Gasteiger partial charge in [-0.15, -0.1) is 6.58 Å². The Labute approximate surface area is 45.6 Å². The highest BCUT2D eigenvalue weighted by Crippen LogP contribution is 1.83. The molecule has 0 aliphatic heterocycles. The molecule has 0 atom stereocenters. The van der Waals surface area contributed by atoms with Crippen molar-refractivity contribution in [3.05, 3.63) is 12.1 Å². The molecule has 0 saturated heterocycles. The molecule has 0 aromatic rings.